The summed E-state index contributed by atoms with van der Waals surface area (Å²) in [7, 11) is 0. The first kappa shape index (κ1) is 13.5. The average molecular weight is 290 g/mol. The number of hydrogen-bond acceptors (Lipinski definition) is 2. The van der Waals surface area contributed by atoms with E-state index < -0.39 is 0 Å². The molecule has 1 unspecified atom stereocenters. The van der Waals surface area contributed by atoms with E-state index in [9.17, 15) is 9.50 Å². The van der Waals surface area contributed by atoms with E-state index in [1.165, 1.54) is 6.07 Å². The van der Waals surface area contributed by atoms with Crippen LogP contribution in [0.2, 0.25) is 0 Å². The van der Waals surface area contributed by atoms with Gasteiger partial charge in [-0.25, -0.2) is 4.39 Å². The Labute approximate surface area is 104 Å². The molecule has 0 aliphatic heterocycles. The van der Waals surface area contributed by atoms with Crippen LogP contribution >= 0.6 is 15.9 Å². The van der Waals surface area contributed by atoms with Crippen molar-refractivity contribution in [2.75, 3.05) is 18.5 Å². The van der Waals surface area contributed by atoms with E-state index in [0.29, 0.717) is 12.2 Å². The van der Waals surface area contributed by atoms with Crippen molar-refractivity contribution in [1.82, 2.24) is 0 Å². The summed E-state index contributed by atoms with van der Waals surface area (Å²) >= 11 is 3.21. The average Bonchev–Trinajstić information content (AvgIpc) is 2.27. The van der Waals surface area contributed by atoms with Crippen molar-refractivity contribution < 1.29 is 9.50 Å². The van der Waals surface area contributed by atoms with Crippen molar-refractivity contribution >= 4 is 21.6 Å². The smallest absolute Gasteiger partial charge is 0.147 e. The van der Waals surface area contributed by atoms with Gasteiger partial charge in [-0.3, -0.25) is 0 Å². The second-order valence-corrected chi connectivity index (χ2v) is 5.22. The third kappa shape index (κ3) is 3.46. The van der Waals surface area contributed by atoms with E-state index in [2.05, 4.69) is 21.2 Å². The quantitative estimate of drug-likeness (QED) is 0.871. The maximum absolute atomic E-state index is 13.5. The summed E-state index contributed by atoms with van der Waals surface area (Å²) < 4.78 is 14.2. The molecule has 1 aromatic rings. The number of anilines is 1. The van der Waals surface area contributed by atoms with E-state index in [4.69, 9.17) is 0 Å². The lowest BCUT2D eigenvalue weighted by Crippen LogP contribution is -2.29. The zero-order valence-corrected chi connectivity index (χ0v) is 11.1. The zero-order chi connectivity index (χ0) is 12.2. The van der Waals surface area contributed by atoms with Gasteiger partial charge in [-0.15, -0.1) is 0 Å². The highest BCUT2D eigenvalue weighted by atomic mass is 79.9. The van der Waals surface area contributed by atoms with Crippen molar-refractivity contribution in [3.63, 3.8) is 0 Å². The largest absolute Gasteiger partial charge is 0.396 e. The second kappa shape index (κ2) is 5.64. The van der Waals surface area contributed by atoms with Gasteiger partial charge in [0.15, 0.2) is 0 Å². The Morgan fingerprint density at radius 3 is 2.69 bits per heavy atom. The molecule has 0 aliphatic carbocycles. The van der Waals surface area contributed by atoms with E-state index >= 15 is 0 Å². The molecule has 0 saturated heterocycles. The van der Waals surface area contributed by atoms with Crippen LogP contribution in [-0.4, -0.2) is 18.3 Å². The van der Waals surface area contributed by atoms with Gasteiger partial charge in [-0.05, 0) is 24.6 Å². The molecule has 0 spiro atoms. The van der Waals surface area contributed by atoms with Crippen molar-refractivity contribution in [3.8, 4) is 0 Å². The van der Waals surface area contributed by atoms with Gasteiger partial charge in [0.25, 0.3) is 0 Å². The number of nitrogens with one attached hydrogen (secondary N) is 1. The first-order chi connectivity index (χ1) is 7.50. The molecule has 1 rings (SSSR count). The van der Waals surface area contributed by atoms with E-state index in [1.807, 2.05) is 13.8 Å². The van der Waals surface area contributed by atoms with Crippen molar-refractivity contribution in [3.05, 3.63) is 28.5 Å². The summed E-state index contributed by atoms with van der Waals surface area (Å²) in [5.74, 6) is -0.286. The van der Waals surface area contributed by atoms with Gasteiger partial charge in [0, 0.05) is 16.4 Å². The number of benzene rings is 1. The second-order valence-electron chi connectivity index (χ2n) is 4.30. The Morgan fingerprint density at radius 2 is 2.19 bits per heavy atom. The minimum atomic E-state index is -0.286. The van der Waals surface area contributed by atoms with Gasteiger partial charge in [0.1, 0.15) is 5.82 Å². The fourth-order valence-electron chi connectivity index (χ4n) is 1.23. The first-order valence-electron chi connectivity index (χ1n) is 5.30. The third-order valence-electron chi connectivity index (χ3n) is 2.87. The molecule has 0 aromatic heterocycles. The van der Waals surface area contributed by atoms with Crippen molar-refractivity contribution in [2.45, 2.75) is 20.3 Å². The highest BCUT2D eigenvalue weighted by Crippen LogP contribution is 2.23. The fourth-order valence-corrected chi connectivity index (χ4v) is 1.57. The Hall–Kier alpha value is -0.610. The fraction of sp³-hybridized carbons (Fsp3) is 0.500. The van der Waals surface area contributed by atoms with Crippen LogP contribution in [-0.2, 0) is 0 Å². The van der Waals surface area contributed by atoms with Crippen LogP contribution in [0.1, 0.15) is 20.3 Å². The maximum Gasteiger partial charge on any atom is 0.147 e. The summed E-state index contributed by atoms with van der Waals surface area (Å²) in [5, 5.41) is 12.3. The number of hydrogen-bond donors (Lipinski definition) is 2. The minimum absolute atomic E-state index is 0.0919. The van der Waals surface area contributed by atoms with E-state index in [1.54, 1.807) is 12.1 Å². The Kier molecular flexibility index (Phi) is 4.74. The molecule has 0 aliphatic rings. The Balaban J connectivity index is 2.67. The molecule has 4 heteroatoms. The topological polar surface area (TPSA) is 32.3 Å². The standard InChI is InChI=1S/C12H17BrFNO/c1-3-12(2,8-16)7-15-11-5-4-9(13)6-10(11)14/h4-6,15-16H,3,7-8H2,1-2H3. The monoisotopic (exact) mass is 289 g/mol. The summed E-state index contributed by atoms with van der Waals surface area (Å²) in [5.41, 5.74) is 0.260. The van der Waals surface area contributed by atoms with Crippen LogP contribution in [0.25, 0.3) is 0 Å². The molecule has 0 saturated carbocycles. The van der Waals surface area contributed by atoms with Gasteiger partial charge in [0.05, 0.1) is 12.3 Å². The normalized spacial score (nSPS) is 14.6. The molecule has 2 N–H and O–H groups in total. The van der Waals surface area contributed by atoms with Gasteiger partial charge in [0.2, 0.25) is 0 Å². The lowest BCUT2D eigenvalue weighted by Gasteiger charge is -2.26. The summed E-state index contributed by atoms with van der Waals surface area (Å²) in [6.07, 6.45) is 0.842. The van der Waals surface area contributed by atoms with Crippen LogP contribution < -0.4 is 5.32 Å². The molecule has 16 heavy (non-hydrogen) atoms. The highest BCUT2D eigenvalue weighted by Gasteiger charge is 2.20. The van der Waals surface area contributed by atoms with Crippen molar-refractivity contribution in [2.24, 2.45) is 5.41 Å². The molecule has 0 bridgehead atoms. The first-order valence-corrected chi connectivity index (χ1v) is 6.10. The number of aliphatic hydroxyl groups is 1. The molecular weight excluding hydrogens is 273 g/mol. The molecule has 2 nitrogen and oxygen atoms in total. The van der Waals surface area contributed by atoms with Crippen LogP contribution in [0, 0.1) is 11.2 Å². The van der Waals surface area contributed by atoms with Gasteiger partial charge < -0.3 is 10.4 Å². The van der Waals surface area contributed by atoms with Crippen LogP contribution in [0.4, 0.5) is 10.1 Å². The molecule has 0 fully saturated rings. The molecule has 90 valence electrons. The molecule has 0 amide bonds. The summed E-state index contributed by atoms with van der Waals surface area (Å²) in [6.45, 7) is 4.62. The highest BCUT2D eigenvalue weighted by molar-refractivity contribution is 9.10. The molecular formula is C12H17BrFNO. The molecule has 1 aromatic carbocycles. The summed E-state index contributed by atoms with van der Waals surface area (Å²) in [6, 6.07) is 4.89. The zero-order valence-electron chi connectivity index (χ0n) is 9.56. The number of halogens is 2. The van der Waals surface area contributed by atoms with E-state index in [0.717, 1.165) is 10.9 Å². The number of aliphatic hydroxyl groups excluding tert-OH is 1. The summed E-state index contributed by atoms with van der Waals surface area (Å²) in [4.78, 5) is 0. The lowest BCUT2D eigenvalue weighted by atomic mass is 9.88. The SMILES string of the molecule is CCC(C)(CO)CNc1ccc(Br)cc1F. The Morgan fingerprint density at radius 1 is 1.50 bits per heavy atom. The van der Waals surface area contributed by atoms with Crippen LogP contribution in [0.5, 0.6) is 0 Å². The van der Waals surface area contributed by atoms with Gasteiger partial charge >= 0.3 is 0 Å². The van der Waals surface area contributed by atoms with Gasteiger partial charge in [-0.2, -0.15) is 0 Å². The Bertz CT molecular complexity index is 353. The number of rotatable bonds is 5. The molecule has 0 heterocycles. The molecule has 1 atom stereocenters. The molecule has 0 radical (unpaired) electrons. The van der Waals surface area contributed by atoms with Crippen LogP contribution in [0.15, 0.2) is 22.7 Å². The lowest BCUT2D eigenvalue weighted by molar-refractivity contribution is 0.149. The maximum atomic E-state index is 13.5. The van der Waals surface area contributed by atoms with Crippen molar-refractivity contribution in [1.29, 1.82) is 0 Å². The third-order valence-corrected chi connectivity index (χ3v) is 3.37. The van der Waals surface area contributed by atoms with Gasteiger partial charge in [-0.1, -0.05) is 29.8 Å². The van der Waals surface area contributed by atoms with E-state index in [-0.39, 0.29) is 17.8 Å². The van der Waals surface area contributed by atoms with Crippen LogP contribution in [0.3, 0.4) is 0 Å². The predicted molar refractivity (Wildman–Crippen MR) is 68.1 cm³/mol. The predicted octanol–water partition coefficient (Wildman–Crippen LogP) is 3.41. The minimum Gasteiger partial charge on any atom is -0.396 e.